The van der Waals surface area contributed by atoms with Crippen LogP contribution in [0.2, 0.25) is 0 Å². The van der Waals surface area contributed by atoms with Crippen LogP contribution < -0.4 is 5.73 Å². The number of carbonyl (C=O) groups is 1. The van der Waals surface area contributed by atoms with Crippen LogP contribution in [0.15, 0.2) is 24.3 Å². The number of nitrogens with two attached hydrogens (primary N) is 1. The lowest BCUT2D eigenvalue weighted by Gasteiger charge is -2.23. The van der Waals surface area contributed by atoms with Gasteiger partial charge in [-0.2, -0.15) is 0 Å². The van der Waals surface area contributed by atoms with Crippen LogP contribution in [0.3, 0.4) is 0 Å². The molecule has 4 heteroatoms. The van der Waals surface area contributed by atoms with E-state index >= 15 is 0 Å². The van der Waals surface area contributed by atoms with Crippen LogP contribution in [-0.2, 0) is 10.4 Å². The van der Waals surface area contributed by atoms with E-state index in [1.165, 1.54) is 18.2 Å². The molecule has 0 saturated carbocycles. The van der Waals surface area contributed by atoms with Crippen molar-refractivity contribution in [3.05, 3.63) is 35.6 Å². The Morgan fingerprint density at radius 1 is 1.57 bits per heavy atom. The first-order chi connectivity index (χ1) is 6.52. The lowest BCUT2D eigenvalue weighted by atomic mass is 9.90. The Morgan fingerprint density at radius 2 is 2.14 bits per heavy atom. The highest BCUT2D eigenvalue weighted by Gasteiger charge is 2.36. The highest BCUT2D eigenvalue weighted by atomic mass is 19.1. The summed E-state index contributed by atoms with van der Waals surface area (Å²) in [6, 6.07) is 5.56. The van der Waals surface area contributed by atoms with Crippen molar-refractivity contribution in [2.75, 3.05) is 0 Å². The molecule has 0 radical (unpaired) electrons. The standard InChI is InChI=1S/C10H12FNO2/c1-2-10(14,9(12)13)7-5-3-4-6-8(7)11/h3-6,14H,2H2,1H3,(H2,12,13). The largest absolute Gasteiger partial charge is 0.375 e. The van der Waals surface area contributed by atoms with Gasteiger partial charge in [0, 0.05) is 5.56 Å². The van der Waals surface area contributed by atoms with Crippen molar-refractivity contribution in [2.24, 2.45) is 5.73 Å². The van der Waals surface area contributed by atoms with E-state index in [-0.39, 0.29) is 12.0 Å². The van der Waals surface area contributed by atoms with E-state index in [4.69, 9.17) is 5.73 Å². The van der Waals surface area contributed by atoms with Gasteiger partial charge >= 0.3 is 0 Å². The maximum atomic E-state index is 13.3. The first-order valence-electron chi connectivity index (χ1n) is 4.29. The van der Waals surface area contributed by atoms with E-state index < -0.39 is 17.3 Å². The molecule has 0 spiro atoms. The van der Waals surface area contributed by atoms with Gasteiger partial charge in [0.25, 0.3) is 5.91 Å². The molecule has 1 aromatic carbocycles. The fourth-order valence-corrected chi connectivity index (χ4v) is 1.29. The quantitative estimate of drug-likeness (QED) is 0.756. The molecular formula is C10H12FNO2. The second-order valence-corrected chi connectivity index (χ2v) is 3.06. The lowest BCUT2D eigenvalue weighted by Crippen LogP contribution is -2.41. The molecule has 1 atom stereocenters. The van der Waals surface area contributed by atoms with Crippen LogP contribution in [0.1, 0.15) is 18.9 Å². The molecule has 3 N–H and O–H groups in total. The van der Waals surface area contributed by atoms with Gasteiger partial charge < -0.3 is 10.8 Å². The Labute approximate surface area is 81.4 Å². The number of primary amides is 1. The molecule has 0 aliphatic rings. The molecule has 0 saturated heterocycles. The summed E-state index contributed by atoms with van der Waals surface area (Å²) in [5.74, 6) is -1.57. The monoisotopic (exact) mass is 197 g/mol. The summed E-state index contributed by atoms with van der Waals surface area (Å²) in [6.45, 7) is 1.57. The van der Waals surface area contributed by atoms with E-state index in [2.05, 4.69) is 0 Å². The Kier molecular flexibility index (Phi) is 2.86. The zero-order chi connectivity index (χ0) is 10.8. The first-order valence-corrected chi connectivity index (χ1v) is 4.29. The average Bonchev–Trinajstić information content (AvgIpc) is 2.17. The third-order valence-electron chi connectivity index (χ3n) is 2.24. The van der Waals surface area contributed by atoms with Gasteiger partial charge in [-0.05, 0) is 12.5 Å². The molecule has 0 fully saturated rings. The summed E-state index contributed by atoms with van der Waals surface area (Å²) >= 11 is 0. The number of carbonyl (C=O) groups excluding carboxylic acids is 1. The molecule has 1 amide bonds. The third kappa shape index (κ3) is 1.61. The molecule has 0 aliphatic carbocycles. The fourth-order valence-electron chi connectivity index (χ4n) is 1.29. The fraction of sp³-hybridized carbons (Fsp3) is 0.300. The molecule has 0 aliphatic heterocycles. The van der Waals surface area contributed by atoms with Crippen molar-refractivity contribution in [1.82, 2.24) is 0 Å². The van der Waals surface area contributed by atoms with E-state index in [0.29, 0.717) is 0 Å². The number of rotatable bonds is 3. The van der Waals surface area contributed by atoms with Gasteiger partial charge in [-0.25, -0.2) is 4.39 Å². The average molecular weight is 197 g/mol. The summed E-state index contributed by atoms with van der Waals surface area (Å²) in [5, 5.41) is 9.83. The maximum absolute atomic E-state index is 13.3. The van der Waals surface area contributed by atoms with Crippen LogP contribution >= 0.6 is 0 Å². The maximum Gasteiger partial charge on any atom is 0.254 e. The van der Waals surface area contributed by atoms with Crippen molar-refractivity contribution in [3.63, 3.8) is 0 Å². The molecule has 3 nitrogen and oxygen atoms in total. The minimum Gasteiger partial charge on any atom is -0.375 e. The summed E-state index contributed by atoms with van der Waals surface area (Å²) in [5.41, 5.74) is 3.04. The third-order valence-corrected chi connectivity index (χ3v) is 2.24. The lowest BCUT2D eigenvalue weighted by molar-refractivity contribution is -0.137. The smallest absolute Gasteiger partial charge is 0.254 e. The Balaban J connectivity index is 3.26. The van der Waals surface area contributed by atoms with E-state index in [1.807, 2.05) is 0 Å². The van der Waals surface area contributed by atoms with Crippen LogP contribution in [-0.4, -0.2) is 11.0 Å². The highest BCUT2D eigenvalue weighted by molar-refractivity contribution is 5.84. The number of hydrogen-bond acceptors (Lipinski definition) is 2. The van der Waals surface area contributed by atoms with Crippen molar-refractivity contribution in [3.8, 4) is 0 Å². The molecule has 1 unspecified atom stereocenters. The van der Waals surface area contributed by atoms with E-state index in [9.17, 15) is 14.3 Å². The molecule has 1 aromatic rings. The molecule has 0 heterocycles. The van der Waals surface area contributed by atoms with Crippen molar-refractivity contribution < 1.29 is 14.3 Å². The minimum atomic E-state index is -1.91. The zero-order valence-electron chi connectivity index (χ0n) is 7.83. The topological polar surface area (TPSA) is 63.3 Å². The van der Waals surface area contributed by atoms with Crippen molar-refractivity contribution in [1.29, 1.82) is 0 Å². The summed E-state index contributed by atoms with van der Waals surface area (Å²) < 4.78 is 13.3. The Hall–Kier alpha value is -1.42. The van der Waals surface area contributed by atoms with E-state index in [0.717, 1.165) is 0 Å². The molecule has 14 heavy (non-hydrogen) atoms. The summed E-state index contributed by atoms with van der Waals surface area (Å²) in [6.07, 6.45) is 0.0449. The number of hydrogen-bond donors (Lipinski definition) is 2. The highest BCUT2D eigenvalue weighted by Crippen LogP contribution is 2.26. The SMILES string of the molecule is CCC(O)(C(N)=O)c1ccccc1F. The summed E-state index contributed by atoms with van der Waals surface area (Å²) in [4.78, 5) is 11.0. The Bertz CT molecular complexity index is 354. The normalized spacial score (nSPS) is 14.8. The van der Waals surface area contributed by atoms with Crippen molar-refractivity contribution >= 4 is 5.91 Å². The van der Waals surface area contributed by atoms with Gasteiger partial charge in [0.2, 0.25) is 0 Å². The molecule has 1 rings (SSSR count). The van der Waals surface area contributed by atoms with Gasteiger partial charge in [-0.1, -0.05) is 25.1 Å². The van der Waals surface area contributed by atoms with Crippen LogP contribution in [0.25, 0.3) is 0 Å². The Morgan fingerprint density at radius 3 is 2.57 bits per heavy atom. The first kappa shape index (κ1) is 10.7. The summed E-state index contributed by atoms with van der Waals surface area (Å²) in [7, 11) is 0. The van der Waals surface area contributed by atoms with Gasteiger partial charge in [0.1, 0.15) is 5.82 Å². The molecular weight excluding hydrogens is 185 g/mol. The molecule has 76 valence electrons. The number of benzene rings is 1. The van der Waals surface area contributed by atoms with Crippen molar-refractivity contribution in [2.45, 2.75) is 18.9 Å². The predicted octanol–water partition coefficient (Wildman–Crippen LogP) is 0.909. The van der Waals surface area contributed by atoms with Crippen LogP contribution in [0.5, 0.6) is 0 Å². The predicted molar refractivity (Wildman–Crippen MR) is 49.8 cm³/mol. The van der Waals surface area contributed by atoms with Crippen LogP contribution in [0.4, 0.5) is 4.39 Å². The van der Waals surface area contributed by atoms with Gasteiger partial charge in [-0.3, -0.25) is 4.79 Å². The number of aliphatic hydroxyl groups is 1. The number of halogens is 1. The minimum absolute atomic E-state index is 0.0449. The van der Waals surface area contributed by atoms with Gasteiger partial charge in [0.15, 0.2) is 5.60 Å². The zero-order valence-corrected chi connectivity index (χ0v) is 7.83. The number of amides is 1. The van der Waals surface area contributed by atoms with E-state index in [1.54, 1.807) is 13.0 Å². The second kappa shape index (κ2) is 3.75. The van der Waals surface area contributed by atoms with Gasteiger partial charge in [0.05, 0.1) is 0 Å². The van der Waals surface area contributed by atoms with Gasteiger partial charge in [-0.15, -0.1) is 0 Å². The molecule has 0 aromatic heterocycles. The molecule has 0 bridgehead atoms. The van der Waals surface area contributed by atoms with Crippen LogP contribution in [0, 0.1) is 5.82 Å². The second-order valence-electron chi connectivity index (χ2n) is 3.06.